The number of methoxy groups -OCH3 is 1. The van der Waals surface area contributed by atoms with E-state index in [1.165, 1.54) is 18.7 Å². The van der Waals surface area contributed by atoms with Crippen molar-refractivity contribution in [3.63, 3.8) is 0 Å². The number of fused-ring (bicyclic) bond motifs is 1. The molecule has 1 atom stereocenters. The van der Waals surface area contributed by atoms with Crippen molar-refractivity contribution >= 4 is 45.3 Å². The van der Waals surface area contributed by atoms with Crippen LogP contribution in [0.25, 0.3) is 11.0 Å². The van der Waals surface area contributed by atoms with E-state index < -0.39 is 11.8 Å². The Bertz CT molecular complexity index is 1750. The molecule has 12 heteroatoms. The van der Waals surface area contributed by atoms with E-state index in [-0.39, 0.29) is 22.6 Å². The normalized spacial score (nSPS) is 18.3. The fourth-order valence-electron chi connectivity index (χ4n) is 6.20. The van der Waals surface area contributed by atoms with E-state index in [9.17, 15) is 10.1 Å². The third kappa shape index (κ3) is 7.14. The predicted molar refractivity (Wildman–Crippen MR) is 177 cm³/mol. The standard InChI is InChI=1S/C34H38BFN5O4P/c1-21-3-4-22(28(46)15-21)19-44-32-25(35)5-6-30(39-32)45-24-7-13-40(14-8-24)18-29-38-31-26(36)16-23(33(42)43-2)17-27(31)41(29)20-34(9-10-34)11-12-37/h3-4,15-17,24H,5-11,13-14,18-20,46H2,1-2H3. The van der Waals surface area contributed by atoms with Gasteiger partial charge in [0.2, 0.25) is 5.88 Å². The Morgan fingerprint density at radius 1 is 1.22 bits per heavy atom. The van der Waals surface area contributed by atoms with E-state index in [1.807, 2.05) is 10.6 Å². The summed E-state index contributed by atoms with van der Waals surface area (Å²) >= 11 is 0. The highest BCUT2D eigenvalue weighted by Crippen LogP contribution is 2.50. The summed E-state index contributed by atoms with van der Waals surface area (Å²) in [6.45, 7) is 5.05. The van der Waals surface area contributed by atoms with Crippen LogP contribution >= 0.6 is 9.24 Å². The van der Waals surface area contributed by atoms with Crippen LogP contribution in [0.15, 0.2) is 46.7 Å². The lowest BCUT2D eigenvalue weighted by Crippen LogP contribution is -2.38. The van der Waals surface area contributed by atoms with Crippen LogP contribution in [0.5, 0.6) is 0 Å². The van der Waals surface area contributed by atoms with Gasteiger partial charge in [-0.05, 0) is 62.0 Å². The first-order valence-electron chi connectivity index (χ1n) is 15.7. The highest BCUT2D eigenvalue weighted by Gasteiger charge is 2.43. The number of ether oxygens (including phenoxy) is 3. The molecular formula is C34H38BFN5O4P. The minimum Gasteiger partial charge on any atom is -0.477 e. The molecule has 3 aromatic rings. The molecule has 0 bridgehead atoms. The number of aliphatic imine (C=N–C) groups is 1. The molecule has 0 N–H and O–H groups in total. The molecule has 3 heterocycles. The zero-order valence-electron chi connectivity index (χ0n) is 26.4. The molecule has 2 fully saturated rings. The topological polar surface area (TPSA) is 102 Å². The maximum absolute atomic E-state index is 15.2. The van der Waals surface area contributed by atoms with Gasteiger partial charge in [0.05, 0.1) is 30.8 Å². The number of nitrogens with zero attached hydrogens (tertiary/aromatic N) is 5. The smallest absolute Gasteiger partial charge is 0.338 e. The van der Waals surface area contributed by atoms with Crippen molar-refractivity contribution in [3.05, 3.63) is 70.0 Å². The van der Waals surface area contributed by atoms with Crippen molar-refractivity contribution in [2.24, 2.45) is 10.4 Å². The van der Waals surface area contributed by atoms with Gasteiger partial charge in [-0.3, -0.25) is 4.90 Å². The van der Waals surface area contributed by atoms with Gasteiger partial charge in [-0.15, -0.1) is 9.24 Å². The number of allylic oxidation sites excluding steroid dienone is 1. The number of hydrogen-bond donors (Lipinski definition) is 0. The second kappa shape index (κ2) is 13.6. The molecular weight excluding hydrogens is 603 g/mol. The van der Waals surface area contributed by atoms with Gasteiger partial charge < -0.3 is 18.8 Å². The van der Waals surface area contributed by atoms with Crippen LogP contribution in [0.2, 0.25) is 0 Å². The first-order chi connectivity index (χ1) is 22.2. The Balaban J connectivity index is 1.11. The molecule has 0 spiro atoms. The number of likely N-dealkylation sites (tertiary alicyclic amines) is 1. The van der Waals surface area contributed by atoms with Crippen molar-refractivity contribution in [2.45, 2.75) is 77.7 Å². The van der Waals surface area contributed by atoms with Gasteiger partial charge in [0.25, 0.3) is 0 Å². The Morgan fingerprint density at radius 2 is 2.00 bits per heavy atom. The largest absolute Gasteiger partial charge is 0.477 e. The quantitative estimate of drug-likeness (QED) is 0.171. The average molecular weight is 641 g/mol. The third-order valence-electron chi connectivity index (χ3n) is 9.19. The van der Waals surface area contributed by atoms with E-state index in [1.54, 1.807) is 6.07 Å². The number of imidazole rings is 1. The van der Waals surface area contributed by atoms with Crippen LogP contribution in [0.4, 0.5) is 4.39 Å². The van der Waals surface area contributed by atoms with Crippen molar-refractivity contribution in [1.82, 2.24) is 14.5 Å². The number of aromatic nitrogens is 2. The molecule has 1 aliphatic carbocycles. The monoisotopic (exact) mass is 641 g/mol. The van der Waals surface area contributed by atoms with E-state index in [0.29, 0.717) is 61.7 Å². The maximum atomic E-state index is 15.2. The Hall–Kier alpha value is -3.74. The van der Waals surface area contributed by atoms with Gasteiger partial charge in [0.15, 0.2) is 11.7 Å². The number of hydrogen-bond acceptors (Lipinski definition) is 8. The molecule has 238 valence electrons. The molecule has 1 saturated heterocycles. The van der Waals surface area contributed by atoms with Crippen LogP contribution in [-0.2, 0) is 33.9 Å². The Kier molecular flexibility index (Phi) is 9.49. The van der Waals surface area contributed by atoms with Crippen molar-refractivity contribution in [2.75, 3.05) is 20.2 Å². The molecule has 2 aliphatic heterocycles. The number of halogens is 1. The second-order valence-corrected chi connectivity index (χ2v) is 13.3. The minimum absolute atomic E-state index is 0.00977. The number of piperidine rings is 1. The zero-order valence-corrected chi connectivity index (χ0v) is 27.5. The van der Waals surface area contributed by atoms with Gasteiger partial charge in [0.1, 0.15) is 31.9 Å². The highest BCUT2D eigenvalue weighted by molar-refractivity contribution is 7.27. The average Bonchev–Trinajstić information content (AvgIpc) is 3.72. The maximum Gasteiger partial charge on any atom is 0.338 e. The van der Waals surface area contributed by atoms with E-state index in [2.05, 4.69) is 44.3 Å². The number of carbonyl (C=O) groups is 1. The van der Waals surface area contributed by atoms with Gasteiger partial charge in [-0.2, -0.15) is 10.3 Å². The summed E-state index contributed by atoms with van der Waals surface area (Å²) in [6.07, 6.45) is 5.17. The van der Waals surface area contributed by atoms with Crippen molar-refractivity contribution in [1.29, 1.82) is 5.26 Å². The van der Waals surface area contributed by atoms with Crippen molar-refractivity contribution in [3.8, 4) is 6.07 Å². The summed E-state index contributed by atoms with van der Waals surface area (Å²) in [5.74, 6) is 0.629. The number of esters is 1. The molecule has 1 saturated carbocycles. The number of benzene rings is 2. The van der Waals surface area contributed by atoms with Gasteiger partial charge in [-0.1, -0.05) is 29.2 Å². The van der Waals surface area contributed by atoms with Gasteiger partial charge in [0, 0.05) is 37.9 Å². The number of nitriles is 1. The van der Waals surface area contributed by atoms with Crippen molar-refractivity contribution < 1.29 is 23.4 Å². The van der Waals surface area contributed by atoms with Crippen LogP contribution in [0.3, 0.4) is 0 Å². The molecule has 6 rings (SSSR count). The lowest BCUT2D eigenvalue weighted by atomic mass is 9.90. The summed E-state index contributed by atoms with van der Waals surface area (Å²) in [5.41, 5.74) is 3.65. The molecule has 2 aromatic carbocycles. The van der Waals surface area contributed by atoms with Crippen LogP contribution in [-0.4, -0.2) is 60.5 Å². The molecule has 9 nitrogen and oxygen atoms in total. The third-order valence-corrected chi connectivity index (χ3v) is 9.73. The molecule has 2 radical (unpaired) electrons. The summed E-state index contributed by atoms with van der Waals surface area (Å²) in [7, 11) is 10.3. The number of aryl methyl sites for hydroxylation is 1. The predicted octanol–water partition coefficient (Wildman–Crippen LogP) is 5.19. The van der Waals surface area contributed by atoms with E-state index in [0.717, 1.165) is 55.5 Å². The summed E-state index contributed by atoms with van der Waals surface area (Å²) < 4.78 is 34.4. The summed E-state index contributed by atoms with van der Waals surface area (Å²) in [6, 6.07) is 11.3. The number of rotatable bonds is 10. The Labute approximate surface area is 272 Å². The van der Waals surface area contributed by atoms with Crippen LogP contribution < -0.4 is 5.30 Å². The summed E-state index contributed by atoms with van der Waals surface area (Å²) in [4.78, 5) is 23.9. The molecule has 46 heavy (non-hydrogen) atoms. The first-order valence-corrected chi connectivity index (χ1v) is 16.3. The second-order valence-electron chi connectivity index (χ2n) is 12.7. The SMILES string of the molecule is [B]C1=C(OCc2ccc(C)cc2P)N=C(OC2CCN(Cc3nc4c(F)cc(C(=O)OC)cc4n3CC3(CC#N)CC3)CC2)CC1. The fraction of sp³-hybridized carbons (Fsp3) is 0.471. The zero-order chi connectivity index (χ0) is 32.4. The lowest BCUT2D eigenvalue weighted by Gasteiger charge is -2.32. The molecule has 0 amide bonds. The van der Waals surface area contributed by atoms with Crippen LogP contribution in [0.1, 0.15) is 72.3 Å². The van der Waals surface area contributed by atoms with E-state index >= 15 is 4.39 Å². The minimum atomic E-state index is -0.602. The fourth-order valence-corrected chi connectivity index (χ4v) is 6.64. The molecule has 3 aliphatic rings. The van der Waals surface area contributed by atoms with Crippen LogP contribution in [0, 0.1) is 29.5 Å². The first kappa shape index (κ1) is 32.2. The number of carbonyl (C=O) groups excluding carboxylic acids is 1. The Morgan fingerprint density at radius 3 is 2.70 bits per heavy atom. The van der Waals surface area contributed by atoms with Gasteiger partial charge >= 0.3 is 5.97 Å². The van der Waals surface area contributed by atoms with E-state index in [4.69, 9.17) is 27.0 Å². The van der Waals surface area contributed by atoms with Gasteiger partial charge in [-0.25, -0.2) is 14.2 Å². The highest BCUT2D eigenvalue weighted by atomic mass is 31.0. The lowest BCUT2D eigenvalue weighted by molar-refractivity contribution is 0.0600. The molecule has 1 unspecified atom stereocenters. The molecule has 1 aromatic heterocycles. The summed E-state index contributed by atoms with van der Waals surface area (Å²) in [5, 5.41) is 10.5.